The lowest BCUT2D eigenvalue weighted by Gasteiger charge is -2.25. The number of nitrogens with zero attached hydrogens (tertiary/aromatic N) is 1. The summed E-state index contributed by atoms with van der Waals surface area (Å²) in [5.74, 6) is 1.46. The molecular formula is C21H28N2O3. The van der Waals surface area contributed by atoms with E-state index in [1.165, 1.54) is 0 Å². The second kappa shape index (κ2) is 9.82. The van der Waals surface area contributed by atoms with Crippen LogP contribution in [0.5, 0.6) is 11.5 Å². The average molecular weight is 356 g/mol. The highest BCUT2D eigenvalue weighted by atomic mass is 16.5. The van der Waals surface area contributed by atoms with E-state index in [1.54, 1.807) is 7.11 Å². The topological polar surface area (TPSA) is 50.8 Å². The highest BCUT2D eigenvalue weighted by Gasteiger charge is 2.16. The van der Waals surface area contributed by atoms with Crippen LogP contribution in [0, 0.1) is 0 Å². The summed E-state index contributed by atoms with van der Waals surface area (Å²) in [6, 6.07) is 15.8. The minimum Gasteiger partial charge on any atom is -0.497 e. The van der Waals surface area contributed by atoms with Gasteiger partial charge in [0.1, 0.15) is 11.5 Å². The van der Waals surface area contributed by atoms with E-state index in [4.69, 9.17) is 9.47 Å². The molecule has 1 amide bonds. The maximum atomic E-state index is 12.2. The number of hydrogen-bond donors (Lipinski definition) is 1. The number of rotatable bonds is 9. The first-order chi connectivity index (χ1) is 12.5. The molecule has 0 radical (unpaired) electrons. The summed E-state index contributed by atoms with van der Waals surface area (Å²) in [7, 11) is 5.64. The van der Waals surface area contributed by atoms with Gasteiger partial charge in [0, 0.05) is 6.54 Å². The molecule has 140 valence electrons. The van der Waals surface area contributed by atoms with Crippen molar-refractivity contribution in [2.75, 3.05) is 34.4 Å². The molecule has 26 heavy (non-hydrogen) atoms. The van der Waals surface area contributed by atoms with Crippen LogP contribution in [0.1, 0.15) is 24.1 Å². The predicted octanol–water partition coefficient (Wildman–Crippen LogP) is 3.06. The van der Waals surface area contributed by atoms with E-state index < -0.39 is 0 Å². The highest BCUT2D eigenvalue weighted by Crippen LogP contribution is 2.21. The van der Waals surface area contributed by atoms with Crippen LogP contribution in [0.4, 0.5) is 0 Å². The van der Waals surface area contributed by atoms with Gasteiger partial charge in [-0.1, -0.05) is 37.3 Å². The molecule has 5 heteroatoms. The van der Waals surface area contributed by atoms with E-state index in [9.17, 15) is 4.79 Å². The third kappa shape index (κ3) is 5.49. The Morgan fingerprint density at radius 1 is 1.12 bits per heavy atom. The van der Waals surface area contributed by atoms with Crippen LogP contribution < -0.4 is 14.8 Å². The van der Waals surface area contributed by atoms with Gasteiger partial charge in [0.05, 0.1) is 13.2 Å². The van der Waals surface area contributed by atoms with Crippen LogP contribution in [0.2, 0.25) is 0 Å². The molecule has 2 aromatic rings. The van der Waals surface area contributed by atoms with Crippen molar-refractivity contribution in [2.45, 2.75) is 19.4 Å². The average Bonchev–Trinajstić information content (AvgIpc) is 2.67. The number of carbonyl (C=O) groups excluding carboxylic acids is 1. The molecule has 5 nitrogen and oxygen atoms in total. The number of carbonyl (C=O) groups is 1. The van der Waals surface area contributed by atoms with Crippen molar-refractivity contribution >= 4 is 5.91 Å². The highest BCUT2D eigenvalue weighted by molar-refractivity contribution is 5.77. The van der Waals surface area contributed by atoms with E-state index in [1.807, 2.05) is 62.6 Å². The number of ether oxygens (including phenoxy) is 2. The van der Waals surface area contributed by atoms with Crippen molar-refractivity contribution in [3.63, 3.8) is 0 Å². The van der Waals surface area contributed by atoms with Gasteiger partial charge in [-0.15, -0.1) is 0 Å². The number of amides is 1. The van der Waals surface area contributed by atoms with Crippen LogP contribution in [-0.4, -0.2) is 45.2 Å². The fraction of sp³-hybridized carbons (Fsp3) is 0.381. The summed E-state index contributed by atoms with van der Waals surface area (Å²) in [4.78, 5) is 14.3. The molecule has 0 fully saturated rings. The summed E-state index contributed by atoms with van der Waals surface area (Å²) in [6.45, 7) is 2.59. The third-order valence-corrected chi connectivity index (χ3v) is 4.33. The fourth-order valence-corrected chi connectivity index (χ4v) is 2.77. The molecule has 0 aliphatic rings. The summed E-state index contributed by atoms with van der Waals surface area (Å²) < 4.78 is 10.9. The Balaban J connectivity index is 1.90. The molecule has 0 heterocycles. The third-order valence-electron chi connectivity index (χ3n) is 4.33. The molecular weight excluding hydrogens is 328 g/mol. The minimum atomic E-state index is -0.128. The molecule has 0 bridgehead atoms. The lowest BCUT2D eigenvalue weighted by atomic mass is 10.1. The minimum absolute atomic E-state index is 0.0137. The Morgan fingerprint density at radius 3 is 2.42 bits per heavy atom. The van der Waals surface area contributed by atoms with Crippen molar-refractivity contribution in [2.24, 2.45) is 0 Å². The molecule has 2 rings (SSSR count). The molecule has 1 N–H and O–H groups in total. The largest absolute Gasteiger partial charge is 0.497 e. The number of methoxy groups -OCH3 is 1. The Morgan fingerprint density at radius 2 is 1.81 bits per heavy atom. The van der Waals surface area contributed by atoms with Crippen molar-refractivity contribution in [3.05, 3.63) is 59.7 Å². The number of likely N-dealkylation sites (N-methyl/N-ethyl adjacent to an activating group) is 1. The summed E-state index contributed by atoms with van der Waals surface area (Å²) in [6.07, 6.45) is 0.873. The molecule has 2 aromatic carbocycles. The molecule has 1 unspecified atom stereocenters. The first-order valence-corrected chi connectivity index (χ1v) is 8.83. The van der Waals surface area contributed by atoms with E-state index in [-0.39, 0.29) is 18.6 Å². The Kier molecular flexibility index (Phi) is 7.48. The number of aryl methyl sites for hydroxylation is 1. The van der Waals surface area contributed by atoms with E-state index >= 15 is 0 Å². The van der Waals surface area contributed by atoms with Gasteiger partial charge >= 0.3 is 0 Å². The number of hydrogen-bond acceptors (Lipinski definition) is 4. The summed E-state index contributed by atoms with van der Waals surface area (Å²) in [5, 5.41) is 2.96. The SMILES string of the molecule is CCc1ccccc1OCC(=O)NCC(c1ccc(OC)cc1)N(C)C. The molecule has 0 spiro atoms. The van der Waals surface area contributed by atoms with Gasteiger partial charge < -0.3 is 19.7 Å². The first-order valence-electron chi connectivity index (χ1n) is 8.83. The lowest BCUT2D eigenvalue weighted by Crippen LogP contribution is -2.36. The Hall–Kier alpha value is -2.53. The second-order valence-electron chi connectivity index (χ2n) is 6.31. The second-order valence-corrected chi connectivity index (χ2v) is 6.31. The summed E-state index contributed by atoms with van der Waals surface area (Å²) in [5.41, 5.74) is 2.22. The molecule has 0 saturated heterocycles. The first kappa shape index (κ1) is 19.8. The van der Waals surface area contributed by atoms with Crippen molar-refractivity contribution < 1.29 is 14.3 Å². The van der Waals surface area contributed by atoms with E-state index in [0.29, 0.717) is 6.54 Å². The Bertz CT molecular complexity index is 699. The van der Waals surface area contributed by atoms with Crippen molar-refractivity contribution in [1.29, 1.82) is 0 Å². The number of nitrogens with one attached hydrogen (secondary N) is 1. The molecule has 1 atom stereocenters. The monoisotopic (exact) mass is 356 g/mol. The van der Waals surface area contributed by atoms with Crippen molar-refractivity contribution in [1.82, 2.24) is 10.2 Å². The van der Waals surface area contributed by atoms with E-state index in [2.05, 4.69) is 17.1 Å². The Labute approximate surface area is 155 Å². The molecule has 0 aliphatic heterocycles. The summed E-state index contributed by atoms with van der Waals surface area (Å²) >= 11 is 0. The van der Waals surface area contributed by atoms with Gasteiger partial charge in [-0.05, 0) is 49.8 Å². The van der Waals surface area contributed by atoms with Crippen LogP contribution in [0.15, 0.2) is 48.5 Å². The molecule has 0 aromatic heterocycles. The normalized spacial score (nSPS) is 11.9. The maximum Gasteiger partial charge on any atom is 0.258 e. The quantitative estimate of drug-likeness (QED) is 0.750. The predicted molar refractivity (Wildman–Crippen MR) is 104 cm³/mol. The zero-order chi connectivity index (χ0) is 18.9. The molecule has 0 saturated carbocycles. The van der Waals surface area contributed by atoms with Gasteiger partial charge in [0.25, 0.3) is 5.91 Å². The van der Waals surface area contributed by atoms with Crippen LogP contribution >= 0.6 is 0 Å². The van der Waals surface area contributed by atoms with Gasteiger partial charge in [-0.25, -0.2) is 0 Å². The van der Waals surface area contributed by atoms with Crippen molar-refractivity contribution in [3.8, 4) is 11.5 Å². The van der Waals surface area contributed by atoms with Gasteiger partial charge in [-0.3, -0.25) is 4.79 Å². The fourth-order valence-electron chi connectivity index (χ4n) is 2.77. The smallest absolute Gasteiger partial charge is 0.258 e. The van der Waals surface area contributed by atoms with Gasteiger partial charge in [0.2, 0.25) is 0 Å². The standard InChI is InChI=1S/C21H28N2O3/c1-5-16-8-6-7-9-20(16)26-15-21(24)22-14-19(23(2)3)17-10-12-18(25-4)13-11-17/h6-13,19H,5,14-15H2,1-4H3,(H,22,24). The van der Waals surface area contributed by atoms with Gasteiger partial charge in [0.15, 0.2) is 6.61 Å². The van der Waals surface area contributed by atoms with E-state index in [0.717, 1.165) is 29.0 Å². The number of para-hydroxylation sites is 1. The van der Waals surface area contributed by atoms with Crippen LogP contribution in [-0.2, 0) is 11.2 Å². The maximum absolute atomic E-state index is 12.2. The number of benzene rings is 2. The van der Waals surface area contributed by atoms with Crippen LogP contribution in [0.25, 0.3) is 0 Å². The van der Waals surface area contributed by atoms with Crippen LogP contribution in [0.3, 0.4) is 0 Å². The zero-order valence-electron chi connectivity index (χ0n) is 16.0. The molecule has 0 aliphatic carbocycles. The lowest BCUT2D eigenvalue weighted by molar-refractivity contribution is -0.123. The zero-order valence-corrected chi connectivity index (χ0v) is 16.0. The van der Waals surface area contributed by atoms with Gasteiger partial charge in [-0.2, -0.15) is 0 Å².